The monoisotopic (exact) mass is 323 g/mol. The molecular weight excluding hydrogens is 293 g/mol. The van der Waals surface area contributed by atoms with E-state index in [-0.39, 0.29) is 12.5 Å². The number of hydrogen-bond acceptors (Lipinski definition) is 2. The van der Waals surface area contributed by atoms with E-state index in [0.29, 0.717) is 18.9 Å². The van der Waals surface area contributed by atoms with E-state index in [1.165, 1.54) is 0 Å². The van der Waals surface area contributed by atoms with Crippen LogP contribution in [0, 0.1) is 5.92 Å². The van der Waals surface area contributed by atoms with Gasteiger partial charge in [0.05, 0.1) is 6.54 Å². The maximum atomic E-state index is 14.6. The third-order valence-electron chi connectivity index (χ3n) is 4.08. The minimum Gasteiger partial charge on any atom is -0.481 e. The van der Waals surface area contributed by atoms with Crippen LogP contribution in [-0.2, 0) is 11.3 Å². The first-order valence-electron chi connectivity index (χ1n) is 8.67. The van der Waals surface area contributed by atoms with Crippen LogP contribution in [0.4, 0.5) is 4.48 Å². The second-order valence-electron chi connectivity index (χ2n) is 6.66. The van der Waals surface area contributed by atoms with E-state index in [2.05, 4.69) is 13.8 Å². The molecule has 0 saturated heterocycles. The van der Waals surface area contributed by atoms with Crippen LogP contribution in [0.2, 0.25) is 0 Å². The molecule has 3 nitrogen and oxygen atoms in total. The lowest BCUT2D eigenvalue weighted by Crippen LogP contribution is -2.28. The number of nitrogens with zero attached hydrogens (tertiary/aromatic N) is 1. The maximum absolute atomic E-state index is 14.6. The molecule has 0 spiro atoms. The first-order valence-corrected chi connectivity index (χ1v) is 8.67. The van der Waals surface area contributed by atoms with Gasteiger partial charge in [-0.1, -0.05) is 57.0 Å². The van der Waals surface area contributed by atoms with Crippen LogP contribution < -0.4 is 0 Å². The molecule has 0 amide bonds. The molecule has 1 aromatic carbocycles. The van der Waals surface area contributed by atoms with Crippen LogP contribution in [0.1, 0.15) is 64.4 Å². The number of benzene rings is 1. The van der Waals surface area contributed by atoms with E-state index in [9.17, 15) is 9.28 Å². The van der Waals surface area contributed by atoms with Gasteiger partial charge in [-0.3, -0.25) is 4.79 Å². The molecule has 0 aliphatic heterocycles. The Bertz CT molecular complexity index is 436. The van der Waals surface area contributed by atoms with Crippen molar-refractivity contribution in [3.8, 4) is 0 Å². The first kappa shape index (κ1) is 19.6. The Balaban J connectivity index is 2.44. The van der Waals surface area contributed by atoms with Crippen LogP contribution in [0.15, 0.2) is 30.3 Å². The standard InChI is InChI=1S/C19H30FNO2/c1-16(2)13-14-18(11-7-4-8-12-19(22)23)21(20)15-17-9-5-3-6-10-17/h3,5-6,9-10,16,18H,4,7-8,11-15H2,1-2H3,(H,22,23). The van der Waals surface area contributed by atoms with Crippen molar-refractivity contribution in [2.45, 2.75) is 71.4 Å². The van der Waals surface area contributed by atoms with E-state index < -0.39 is 5.97 Å². The van der Waals surface area contributed by atoms with Gasteiger partial charge in [-0.05, 0) is 37.2 Å². The smallest absolute Gasteiger partial charge is 0.303 e. The summed E-state index contributed by atoms with van der Waals surface area (Å²) in [6.07, 6.45) is 5.26. The molecule has 0 aromatic heterocycles. The quantitative estimate of drug-likeness (QED) is 0.424. The van der Waals surface area contributed by atoms with Crippen molar-refractivity contribution in [2.75, 3.05) is 0 Å². The summed E-state index contributed by atoms with van der Waals surface area (Å²) in [4.78, 5) is 10.5. The molecule has 0 fully saturated rings. The van der Waals surface area contributed by atoms with Crippen LogP contribution in [-0.4, -0.2) is 22.2 Å². The highest BCUT2D eigenvalue weighted by Gasteiger charge is 2.18. The molecule has 0 bridgehead atoms. The number of carboxylic acids is 1. The Labute approximate surface area is 139 Å². The van der Waals surface area contributed by atoms with Gasteiger partial charge in [-0.2, -0.15) is 0 Å². The van der Waals surface area contributed by atoms with Crippen molar-refractivity contribution in [1.29, 1.82) is 0 Å². The Kier molecular flexibility index (Phi) is 9.53. The summed E-state index contributed by atoms with van der Waals surface area (Å²) in [6.45, 7) is 4.63. The van der Waals surface area contributed by atoms with Gasteiger partial charge in [-0.25, -0.2) is 0 Å². The van der Waals surface area contributed by atoms with Gasteiger partial charge in [0.1, 0.15) is 0 Å². The molecule has 1 unspecified atom stereocenters. The molecule has 4 heteroatoms. The lowest BCUT2D eigenvalue weighted by Gasteiger charge is -2.24. The van der Waals surface area contributed by atoms with Crippen molar-refractivity contribution in [3.63, 3.8) is 0 Å². The van der Waals surface area contributed by atoms with Crippen molar-refractivity contribution in [1.82, 2.24) is 5.12 Å². The molecule has 1 rings (SSSR count). The second kappa shape index (κ2) is 11.2. The Morgan fingerprint density at radius 1 is 1.09 bits per heavy atom. The van der Waals surface area contributed by atoms with Gasteiger partial charge < -0.3 is 5.11 Å². The fraction of sp³-hybridized carbons (Fsp3) is 0.632. The fourth-order valence-corrected chi connectivity index (χ4v) is 2.67. The van der Waals surface area contributed by atoms with E-state index in [1.54, 1.807) is 0 Å². The van der Waals surface area contributed by atoms with E-state index in [1.807, 2.05) is 30.3 Å². The molecule has 130 valence electrons. The molecule has 0 radical (unpaired) electrons. The summed E-state index contributed by atoms with van der Waals surface area (Å²) < 4.78 is 14.6. The van der Waals surface area contributed by atoms with Gasteiger partial charge in [0.2, 0.25) is 0 Å². The molecule has 1 N–H and O–H groups in total. The van der Waals surface area contributed by atoms with Crippen molar-refractivity contribution in [2.24, 2.45) is 5.92 Å². The highest BCUT2D eigenvalue weighted by atomic mass is 19.2. The number of aliphatic carboxylic acids is 1. The van der Waals surface area contributed by atoms with Gasteiger partial charge >= 0.3 is 5.97 Å². The first-order chi connectivity index (χ1) is 11.0. The summed E-state index contributed by atoms with van der Waals surface area (Å²) in [6, 6.07) is 9.60. The molecule has 23 heavy (non-hydrogen) atoms. The van der Waals surface area contributed by atoms with E-state index in [4.69, 9.17) is 5.11 Å². The van der Waals surface area contributed by atoms with Gasteiger partial charge in [0.15, 0.2) is 0 Å². The van der Waals surface area contributed by atoms with Crippen LogP contribution in [0.25, 0.3) is 0 Å². The third kappa shape index (κ3) is 9.34. The van der Waals surface area contributed by atoms with Crippen molar-refractivity contribution >= 4 is 5.97 Å². The van der Waals surface area contributed by atoms with Gasteiger partial charge in [0, 0.05) is 12.5 Å². The Hall–Kier alpha value is -1.42. The third-order valence-corrected chi connectivity index (χ3v) is 4.08. The highest BCUT2D eigenvalue weighted by Crippen LogP contribution is 2.21. The molecule has 0 aliphatic carbocycles. The van der Waals surface area contributed by atoms with Crippen molar-refractivity contribution < 1.29 is 14.4 Å². The van der Waals surface area contributed by atoms with Gasteiger partial charge in [0.25, 0.3) is 0 Å². The van der Waals surface area contributed by atoms with Crippen LogP contribution in [0.5, 0.6) is 0 Å². The summed E-state index contributed by atoms with van der Waals surface area (Å²) in [5, 5.41) is 9.62. The van der Waals surface area contributed by atoms with E-state index in [0.717, 1.165) is 42.8 Å². The Morgan fingerprint density at radius 2 is 1.78 bits per heavy atom. The molecule has 1 atom stereocenters. The van der Waals surface area contributed by atoms with Crippen molar-refractivity contribution in [3.05, 3.63) is 35.9 Å². The zero-order valence-corrected chi connectivity index (χ0v) is 14.4. The van der Waals surface area contributed by atoms with Crippen LogP contribution >= 0.6 is 0 Å². The van der Waals surface area contributed by atoms with Crippen LogP contribution in [0.3, 0.4) is 0 Å². The summed E-state index contributed by atoms with van der Waals surface area (Å²) in [5.74, 6) is -0.188. The second-order valence-corrected chi connectivity index (χ2v) is 6.66. The number of rotatable bonds is 12. The average Bonchev–Trinajstić information content (AvgIpc) is 2.50. The zero-order chi connectivity index (χ0) is 17.1. The van der Waals surface area contributed by atoms with E-state index >= 15 is 0 Å². The summed E-state index contributed by atoms with van der Waals surface area (Å²) in [5.41, 5.74) is 0.982. The topological polar surface area (TPSA) is 40.5 Å². The largest absolute Gasteiger partial charge is 0.481 e. The minimum atomic E-state index is -0.752. The fourth-order valence-electron chi connectivity index (χ4n) is 2.67. The highest BCUT2D eigenvalue weighted by molar-refractivity contribution is 5.66. The minimum absolute atomic E-state index is 0.0811. The zero-order valence-electron chi connectivity index (χ0n) is 14.4. The predicted molar refractivity (Wildman–Crippen MR) is 91.7 cm³/mol. The number of hydrogen-bond donors (Lipinski definition) is 1. The van der Waals surface area contributed by atoms with Gasteiger partial charge in [-0.15, -0.1) is 9.60 Å². The normalized spacial score (nSPS) is 12.7. The molecule has 0 aliphatic rings. The lowest BCUT2D eigenvalue weighted by atomic mass is 9.98. The summed E-state index contributed by atoms with van der Waals surface area (Å²) in [7, 11) is 0. The molecular formula is C19H30FNO2. The SMILES string of the molecule is CC(C)CCC(CCCCCC(=O)O)N(F)Cc1ccccc1. The molecule has 0 saturated carbocycles. The predicted octanol–water partition coefficient (Wildman–Crippen LogP) is 5.21. The molecule has 0 heterocycles. The summed E-state index contributed by atoms with van der Waals surface area (Å²) >= 11 is 0. The lowest BCUT2D eigenvalue weighted by molar-refractivity contribution is -0.137. The molecule has 1 aromatic rings. The number of carboxylic acid groups (broad SMARTS) is 1. The number of halogens is 1. The Morgan fingerprint density at radius 3 is 2.39 bits per heavy atom. The number of unbranched alkanes of at least 4 members (excludes halogenated alkanes) is 2. The average molecular weight is 323 g/mol. The number of carbonyl (C=O) groups is 1. The maximum Gasteiger partial charge on any atom is 0.303 e.